The molecule has 2 rings (SSSR count). The molecule has 0 amide bonds. The summed E-state index contributed by atoms with van der Waals surface area (Å²) in [5.74, 6) is 1.08. The van der Waals surface area contributed by atoms with Crippen molar-refractivity contribution < 1.29 is 4.74 Å². The molecule has 1 aromatic heterocycles. The van der Waals surface area contributed by atoms with Gasteiger partial charge < -0.3 is 10.1 Å². The van der Waals surface area contributed by atoms with Gasteiger partial charge in [-0.25, -0.2) is 4.98 Å². The lowest BCUT2D eigenvalue weighted by molar-refractivity contribution is 0.0786. The minimum Gasteiger partial charge on any atom is -0.381 e. The van der Waals surface area contributed by atoms with Gasteiger partial charge in [-0.1, -0.05) is 6.07 Å². The van der Waals surface area contributed by atoms with E-state index in [2.05, 4.69) is 16.4 Å². The van der Waals surface area contributed by atoms with Gasteiger partial charge in [0.25, 0.3) is 0 Å². The molecule has 16 heavy (non-hydrogen) atoms. The number of rotatable bonds is 5. The minimum atomic E-state index is 0.651. The predicted molar refractivity (Wildman–Crippen MR) is 66.8 cm³/mol. The zero-order valence-corrected chi connectivity index (χ0v) is 10.2. The van der Waals surface area contributed by atoms with E-state index in [9.17, 15) is 0 Å². The standard InChI is InChI=1S/C12H18N2OS/c1-2-6-14-12(3-1)16-10-7-13-11-4-8-15-9-5-11/h1-3,6,11,13H,4-5,7-10H2. The van der Waals surface area contributed by atoms with Gasteiger partial charge in [0.05, 0.1) is 5.03 Å². The van der Waals surface area contributed by atoms with Crippen molar-refractivity contribution in [2.75, 3.05) is 25.5 Å². The summed E-state index contributed by atoms with van der Waals surface area (Å²) in [6.45, 7) is 2.86. The maximum absolute atomic E-state index is 5.32. The van der Waals surface area contributed by atoms with Crippen molar-refractivity contribution in [3.63, 3.8) is 0 Å². The normalized spacial score (nSPS) is 17.5. The Morgan fingerprint density at radius 3 is 3.00 bits per heavy atom. The van der Waals surface area contributed by atoms with Gasteiger partial charge in [-0.15, -0.1) is 11.8 Å². The maximum Gasteiger partial charge on any atom is 0.0960 e. The molecule has 0 aliphatic carbocycles. The summed E-state index contributed by atoms with van der Waals surface area (Å²) in [6.07, 6.45) is 4.14. The summed E-state index contributed by atoms with van der Waals surface area (Å²) in [6, 6.07) is 6.68. The van der Waals surface area contributed by atoms with Crippen LogP contribution in [0.1, 0.15) is 12.8 Å². The molecule has 4 heteroatoms. The fourth-order valence-electron chi connectivity index (χ4n) is 1.75. The Morgan fingerprint density at radius 1 is 1.38 bits per heavy atom. The lowest BCUT2D eigenvalue weighted by atomic mass is 10.1. The first-order valence-corrected chi connectivity index (χ1v) is 6.78. The number of aromatic nitrogens is 1. The molecule has 1 fully saturated rings. The Balaban J connectivity index is 1.58. The average molecular weight is 238 g/mol. The Hall–Kier alpha value is -0.580. The molecule has 0 radical (unpaired) electrons. The third-order valence-corrected chi connectivity index (χ3v) is 3.59. The fraction of sp³-hybridized carbons (Fsp3) is 0.583. The van der Waals surface area contributed by atoms with E-state index in [1.807, 2.05) is 18.3 Å². The summed E-state index contributed by atoms with van der Waals surface area (Å²) in [5.41, 5.74) is 0. The van der Waals surface area contributed by atoms with Gasteiger partial charge >= 0.3 is 0 Å². The number of pyridine rings is 1. The summed E-state index contributed by atoms with van der Waals surface area (Å²) < 4.78 is 5.32. The van der Waals surface area contributed by atoms with Crippen LogP contribution in [0.2, 0.25) is 0 Å². The highest BCUT2D eigenvalue weighted by Gasteiger charge is 2.11. The molecular formula is C12H18N2OS. The second-order valence-electron chi connectivity index (χ2n) is 3.86. The SMILES string of the molecule is c1ccc(SCCNC2CCOCC2)nc1. The average Bonchev–Trinajstić information content (AvgIpc) is 2.37. The van der Waals surface area contributed by atoms with E-state index < -0.39 is 0 Å². The third-order valence-electron chi connectivity index (χ3n) is 2.64. The van der Waals surface area contributed by atoms with Crippen molar-refractivity contribution in [1.82, 2.24) is 10.3 Å². The molecule has 0 aromatic carbocycles. The molecule has 1 N–H and O–H groups in total. The van der Waals surface area contributed by atoms with Crippen molar-refractivity contribution in [3.8, 4) is 0 Å². The number of thioether (sulfide) groups is 1. The van der Waals surface area contributed by atoms with Crippen LogP contribution in [-0.2, 0) is 4.74 Å². The molecular weight excluding hydrogens is 220 g/mol. The van der Waals surface area contributed by atoms with Gasteiger partial charge in [-0.2, -0.15) is 0 Å². The van der Waals surface area contributed by atoms with Crippen LogP contribution in [0.4, 0.5) is 0 Å². The number of nitrogens with one attached hydrogen (secondary N) is 1. The summed E-state index contributed by atoms with van der Waals surface area (Å²) >= 11 is 1.80. The van der Waals surface area contributed by atoms with E-state index in [-0.39, 0.29) is 0 Å². The van der Waals surface area contributed by atoms with Gasteiger partial charge in [0.2, 0.25) is 0 Å². The van der Waals surface area contributed by atoms with Crippen LogP contribution in [0.5, 0.6) is 0 Å². The van der Waals surface area contributed by atoms with Crippen LogP contribution in [0, 0.1) is 0 Å². The molecule has 0 saturated carbocycles. The molecule has 0 bridgehead atoms. The van der Waals surface area contributed by atoms with E-state index in [4.69, 9.17) is 4.74 Å². The van der Waals surface area contributed by atoms with Crippen molar-refractivity contribution in [1.29, 1.82) is 0 Å². The zero-order chi connectivity index (χ0) is 11.1. The molecule has 1 aromatic rings. The highest BCUT2D eigenvalue weighted by molar-refractivity contribution is 7.99. The molecule has 0 unspecified atom stereocenters. The molecule has 0 spiro atoms. The molecule has 3 nitrogen and oxygen atoms in total. The van der Waals surface area contributed by atoms with Crippen molar-refractivity contribution >= 4 is 11.8 Å². The highest BCUT2D eigenvalue weighted by atomic mass is 32.2. The van der Waals surface area contributed by atoms with Crippen LogP contribution >= 0.6 is 11.8 Å². The zero-order valence-electron chi connectivity index (χ0n) is 9.39. The van der Waals surface area contributed by atoms with E-state index in [1.54, 1.807) is 11.8 Å². The third kappa shape index (κ3) is 4.12. The van der Waals surface area contributed by atoms with Crippen LogP contribution in [-0.4, -0.2) is 36.5 Å². The largest absolute Gasteiger partial charge is 0.381 e. The topological polar surface area (TPSA) is 34.1 Å². The lowest BCUT2D eigenvalue weighted by Gasteiger charge is -2.22. The van der Waals surface area contributed by atoms with Gasteiger partial charge in [0, 0.05) is 37.8 Å². The molecule has 1 aliphatic heterocycles. The smallest absolute Gasteiger partial charge is 0.0960 e. The monoisotopic (exact) mass is 238 g/mol. The van der Waals surface area contributed by atoms with Crippen molar-refractivity contribution in [2.24, 2.45) is 0 Å². The second kappa shape index (κ2) is 6.89. The van der Waals surface area contributed by atoms with Crippen LogP contribution in [0.25, 0.3) is 0 Å². The maximum atomic E-state index is 5.32. The van der Waals surface area contributed by atoms with Crippen molar-refractivity contribution in [3.05, 3.63) is 24.4 Å². The van der Waals surface area contributed by atoms with Crippen LogP contribution in [0.15, 0.2) is 29.4 Å². The van der Waals surface area contributed by atoms with Crippen LogP contribution in [0.3, 0.4) is 0 Å². The van der Waals surface area contributed by atoms with Gasteiger partial charge in [0.15, 0.2) is 0 Å². The van der Waals surface area contributed by atoms with Gasteiger partial charge in [-0.3, -0.25) is 0 Å². The summed E-state index contributed by atoms with van der Waals surface area (Å²) in [7, 11) is 0. The summed E-state index contributed by atoms with van der Waals surface area (Å²) in [4.78, 5) is 4.28. The first-order chi connectivity index (χ1) is 7.95. The first-order valence-electron chi connectivity index (χ1n) is 5.80. The Morgan fingerprint density at radius 2 is 2.25 bits per heavy atom. The number of hydrogen-bond acceptors (Lipinski definition) is 4. The first kappa shape index (κ1) is 11.9. The fourth-order valence-corrected chi connectivity index (χ4v) is 2.49. The van der Waals surface area contributed by atoms with E-state index in [0.29, 0.717) is 6.04 Å². The quantitative estimate of drug-likeness (QED) is 0.628. The van der Waals surface area contributed by atoms with E-state index in [1.165, 1.54) is 0 Å². The highest BCUT2D eigenvalue weighted by Crippen LogP contribution is 2.13. The molecule has 1 aliphatic rings. The van der Waals surface area contributed by atoms with Crippen molar-refractivity contribution in [2.45, 2.75) is 23.9 Å². The molecule has 1 saturated heterocycles. The Kier molecular flexibility index (Phi) is 5.12. The summed E-state index contributed by atoms with van der Waals surface area (Å²) in [5, 5.41) is 4.67. The number of nitrogens with zero attached hydrogens (tertiary/aromatic N) is 1. The lowest BCUT2D eigenvalue weighted by Crippen LogP contribution is -2.35. The van der Waals surface area contributed by atoms with Gasteiger partial charge in [0.1, 0.15) is 0 Å². The molecule has 0 atom stereocenters. The molecule has 88 valence electrons. The van der Waals surface area contributed by atoms with E-state index in [0.717, 1.165) is 43.4 Å². The number of ether oxygens (including phenoxy) is 1. The molecule has 2 heterocycles. The predicted octanol–water partition coefficient (Wildman–Crippen LogP) is 1.94. The van der Waals surface area contributed by atoms with Crippen LogP contribution < -0.4 is 5.32 Å². The minimum absolute atomic E-state index is 0.651. The van der Waals surface area contributed by atoms with Gasteiger partial charge in [-0.05, 0) is 25.0 Å². The Labute approximate surface area is 101 Å². The Bertz CT molecular complexity index is 288. The number of hydrogen-bond donors (Lipinski definition) is 1. The second-order valence-corrected chi connectivity index (χ2v) is 4.97. The van der Waals surface area contributed by atoms with E-state index >= 15 is 0 Å².